The van der Waals surface area contributed by atoms with Gasteiger partial charge in [0.25, 0.3) is 5.69 Å². The zero-order valence-electron chi connectivity index (χ0n) is 58.8. The van der Waals surface area contributed by atoms with Crippen molar-refractivity contribution >= 4 is 128 Å². The number of azo groups is 2. The first-order valence-electron chi connectivity index (χ1n) is 34.1. The first kappa shape index (κ1) is 73.6. The molecule has 0 fully saturated rings. The molecule has 0 amide bonds. The standard InChI is InChI=1S/C82H74N10O12S2/c1-7-91(60-29-27-59(28-30-60)87-90-71-47-50(3)70(48-73(71)102-6)89-88-61-31-10-49(2)46-72(61)92(100)101)40-43-103-41-8-44-105-82(4,5)106-45-9-42-104-81(99)58-25-17-54(18-26-58)77-68-38-36-66(85-68)75(52-13-21-56(22-14-52)79(95)96)64-34-32-62(83-64)74(51-11-19-55(20-12-51)78(93)94)63-33-35-65(84-63)76(67-37-39-69(77)86-67)53-15-23-57(24-16-53)80(97)98/h10-39,46-48,83,86H,7-9,40-45H2,1-6H3,(H,93,94)(H,95,96)(H,97,98). The molecule has 106 heavy (non-hydrogen) atoms. The summed E-state index contributed by atoms with van der Waals surface area (Å²) in [6.45, 7) is 13.1. The number of nitro benzene ring substituents is 1. The number of carboxylic acids is 3. The lowest BCUT2D eigenvalue weighted by molar-refractivity contribution is -0.384. The molecular weight excluding hydrogens is 1380 g/mol. The van der Waals surface area contributed by atoms with Crippen LogP contribution in [0.4, 0.5) is 34.1 Å². The van der Waals surface area contributed by atoms with Crippen molar-refractivity contribution in [2.24, 2.45) is 20.5 Å². The number of benzene rings is 7. The number of nitro groups is 1. The van der Waals surface area contributed by atoms with E-state index in [-0.39, 0.29) is 38.8 Å². The van der Waals surface area contributed by atoms with Gasteiger partial charge in [-0.2, -0.15) is 5.11 Å². The molecule has 0 atom stereocenters. The lowest BCUT2D eigenvalue weighted by Gasteiger charge is -2.24. The number of ether oxygens (including phenoxy) is 3. The van der Waals surface area contributed by atoms with Gasteiger partial charge in [-0.05, 0) is 226 Å². The Morgan fingerprint density at radius 1 is 0.528 bits per heavy atom. The molecule has 0 unspecified atom stereocenters. The number of hydrogen-bond acceptors (Lipinski definition) is 18. The molecule has 3 aromatic heterocycles. The normalized spacial score (nSPS) is 11.9. The first-order valence-corrected chi connectivity index (χ1v) is 36.1. The highest BCUT2D eigenvalue weighted by Crippen LogP contribution is 2.42. The molecule has 2 aliphatic heterocycles. The van der Waals surface area contributed by atoms with E-state index < -0.39 is 28.8 Å². The summed E-state index contributed by atoms with van der Waals surface area (Å²) in [7, 11) is 1.52. The summed E-state index contributed by atoms with van der Waals surface area (Å²) in [6.07, 6.45) is 9.13. The van der Waals surface area contributed by atoms with Crippen LogP contribution in [0, 0.1) is 24.0 Å². The minimum absolute atomic E-state index is 0.0807. The number of carbonyl (C=O) groups is 4. The Kier molecular flexibility index (Phi) is 23.0. The summed E-state index contributed by atoms with van der Waals surface area (Å²) in [4.78, 5) is 81.1. The molecule has 0 saturated heterocycles. The molecule has 2 aliphatic rings. The number of esters is 1. The Balaban J connectivity index is 0.678. The molecule has 0 spiro atoms. The van der Waals surface area contributed by atoms with Crippen molar-refractivity contribution in [3.8, 4) is 50.3 Å². The highest BCUT2D eigenvalue weighted by atomic mass is 32.2. The Labute approximate surface area is 618 Å². The van der Waals surface area contributed by atoms with Gasteiger partial charge in [0.2, 0.25) is 0 Å². The number of nitrogens with zero attached hydrogens (tertiary/aromatic N) is 8. The van der Waals surface area contributed by atoms with E-state index in [1.165, 1.54) is 25.3 Å². The number of H-pyrrole nitrogens is 2. The van der Waals surface area contributed by atoms with Crippen LogP contribution in [-0.2, 0) is 9.47 Å². The van der Waals surface area contributed by atoms with E-state index in [0.29, 0.717) is 138 Å². The summed E-state index contributed by atoms with van der Waals surface area (Å²) >= 11 is 3.69. The lowest BCUT2D eigenvalue weighted by Crippen LogP contribution is -2.27. The van der Waals surface area contributed by atoms with Gasteiger partial charge in [-0.15, -0.1) is 38.9 Å². The number of likely N-dealkylation sites (N-methyl/N-ethyl adjacent to an activating group) is 1. The van der Waals surface area contributed by atoms with E-state index in [1.54, 1.807) is 104 Å². The molecule has 0 radical (unpaired) electrons. The summed E-state index contributed by atoms with van der Waals surface area (Å²) in [5.74, 6) is -1.54. The SMILES string of the molecule is CCN(CCOCCCSC(C)(C)SCCCOC(=O)c1ccc(-c2c3nc(c(-c4ccc(C(=O)O)cc4)c4ccc([nH]4)c(-c4ccc(C(=O)O)cc4)c4nc(c(-c5ccc(C(=O)O)cc5)c5ccc2[nH]5)C=C4)C=C3)cc1)c1ccc(N=Nc2cc(C)c(N=Nc3ccc(C)cc3[N+](=O)[O-])cc2OC)cc1. The molecule has 536 valence electrons. The molecule has 22 nitrogen and oxygen atoms in total. The largest absolute Gasteiger partial charge is 0.494 e. The molecule has 7 aromatic carbocycles. The number of aromatic nitrogens is 4. The number of aromatic carboxylic acids is 3. The fraction of sp³-hybridized carbons (Fsp3) is 0.195. The van der Waals surface area contributed by atoms with Crippen LogP contribution in [0.5, 0.6) is 5.75 Å². The number of aryl methyl sites for hydroxylation is 2. The molecule has 5 heterocycles. The molecule has 0 saturated carbocycles. The minimum atomic E-state index is -1.07. The lowest BCUT2D eigenvalue weighted by atomic mass is 10.0. The summed E-state index contributed by atoms with van der Waals surface area (Å²) in [5, 5.41) is 58.6. The Bertz CT molecular complexity index is 5250. The van der Waals surface area contributed by atoms with Gasteiger partial charge in [0.1, 0.15) is 11.4 Å². The average molecular weight is 1460 g/mol. The number of thioether (sulfide) groups is 2. The molecule has 10 aromatic rings. The number of carbonyl (C=O) groups excluding carboxylic acids is 1. The molecular formula is C82H74N10O12S2. The van der Waals surface area contributed by atoms with Gasteiger partial charge in [-0.25, -0.2) is 29.1 Å². The van der Waals surface area contributed by atoms with Crippen molar-refractivity contribution in [3.63, 3.8) is 0 Å². The number of methoxy groups -OCH3 is 1. The van der Waals surface area contributed by atoms with Crippen molar-refractivity contribution in [1.82, 2.24) is 19.9 Å². The van der Waals surface area contributed by atoms with Gasteiger partial charge in [0, 0.05) is 81.8 Å². The van der Waals surface area contributed by atoms with E-state index >= 15 is 0 Å². The maximum absolute atomic E-state index is 13.7. The summed E-state index contributed by atoms with van der Waals surface area (Å²) in [6, 6.07) is 50.6. The first-order chi connectivity index (χ1) is 51.2. The number of carboxylic acid groups (broad SMARTS) is 3. The second-order valence-corrected chi connectivity index (χ2v) is 29.0. The maximum Gasteiger partial charge on any atom is 0.338 e. The van der Waals surface area contributed by atoms with Crippen molar-refractivity contribution in [2.45, 2.75) is 51.5 Å². The number of aromatic amines is 2. The van der Waals surface area contributed by atoms with Crippen LogP contribution in [0.15, 0.2) is 196 Å². The van der Waals surface area contributed by atoms with Crippen LogP contribution in [0.2, 0.25) is 0 Å². The van der Waals surface area contributed by atoms with Gasteiger partial charge in [0.05, 0.1) is 85.7 Å². The quantitative estimate of drug-likeness (QED) is 0.00726. The third kappa shape index (κ3) is 17.4. The third-order valence-corrected chi connectivity index (χ3v) is 20.8. The Morgan fingerprint density at radius 2 is 0.962 bits per heavy atom. The maximum atomic E-state index is 13.7. The van der Waals surface area contributed by atoms with E-state index in [9.17, 15) is 44.6 Å². The predicted octanol–water partition coefficient (Wildman–Crippen LogP) is 20.5. The van der Waals surface area contributed by atoms with Gasteiger partial charge in [0.15, 0.2) is 5.69 Å². The Hall–Kier alpha value is -12.1. The van der Waals surface area contributed by atoms with Gasteiger partial charge < -0.3 is 44.4 Å². The van der Waals surface area contributed by atoms with E-state index in [2.05, 4.69) is 56.1 Å². The topological polar surface area (TPSA) is 310 Å². The van der Waals surface area contributed by atoms with Crippen molar-refractivity contribution in [1.29, 1.82) is 0 Å². The third-order valence-electron chi connectivity index (χ3n) is 17.7. The molecule has 0 aliphatic carbocycles. The second kappa shape index (κ2) is 33.1. The zero-order chi connectivity index (χ0) is 74.6. The van der Waals surface area contributed by atoms with Crippen LogP contribution in [0.25, 0.3) is 90.9 Å². The molecule has 5 N–H and O–H groups in total. The highest BCUT2D eigenvalue weighted by molar-refractivity contribution is 8.18. The van der Waals surface area contributed by atoms with Crippen LogP contribution in [-0.4, -0.2) is 120 Å². The van der Waals surface area contributed by atoms with Crippen molar-refractivity contribution in [3.05, 3.63) is 242 Å². The smallest absolute Gasteiger partial charge is 0.338 e. The van der Waals surface area contributed by atoms with Crippen LogP contribution < -0.4 is 9.64 Å². The fourth-order valence-electron chi connectivity index (χ4n) is 12.2. The van der Waals surface area contributed by atoms with E-state index in [1.807, 2.05) is 115 Å². The van der Waals surface area contributed by atoms with E-state index in [4.69, 9.17) is 24.2 Å². The number of fused-ring (bicyclic) bond motifs is 8. The monoisotopic (exact) mass is 1450 g/mol. The molecule has 12 rings (SSSR count). The predicted molar refractivity (Wildman–Crippen MR) is 419 cm³/mol. The average Bonchev–Trinajstić information content (AvgIpc) is 1.61. The molecule has 24 heteroatoms. The number of nitrogens with one attached hydrogen (secondary N) is 2. The highest BCUT2D eigenvalue weighted by Gasteiger charge is 2.23. The van der Waals surface area contributed by atoms with Gasteiger partial charge >= 0.3 is 23.9 Å². The number of rotatable bonds is 29. The fourth-order valence-corrected chi connectivity index (χ4v) is 14.6. The summed E-state index contributed by atoms with van der Waals surface area (Å²) in [5.41, 5.74) is 15.2. The van der Waals surface area contributed by atoms with Gasteiger partial charge in [-0.3, -0.25) is 10.1 Å². The minimum Gasteiger partial charge on any atom is -0.494 e. The number of anilines is 1. The molecule has 8 bridgehead atoms. The zero-order valence-corrected chi connectivity index (χ0v) is 60.5. The van der Waals surface area contributed by atoms with E-state index in [0.717, 1.165) is 46.8 Å². The van der Waals surface area contributed by atoms with Crippen molar-refractivity contribution in [2.75, 3.05) is 56.4 Å². The van der Waals surface area contributed by atoms with Crippen molar-refractivity contribution < 1.29 is 53.6 Å². The summed E-state index contributed by atoms with van der Waals surface area (Å²) < 4.78 is 17.5. The van der Waals surface area contributed by atoms with Crippen LogP contribution in [0.3, 0.4) is 0 Å². The van der Waals surface area contributed by atoms with Crippen LogP contribution in [0.1, 0.15) is 109 Å². The number of hydrogen-bond donors (Lipinski definition) is 5. The second-order valence-electron chi connectivity index (χ2n) is 25.3. The van der Waals surface area contributed by atoms with Crippen LogP contribution >= 0.6 is 23.5 Å². The van der Waals surface area contributed by atoms with Gasteiger partial charge in [-0.1, -0.05) is 54.6 Å². The Morgan fingerprint density at radius 3 is 1.40 bits per heavy atom.